The number of carbonyl (C=O) groups is 2. The smallest absolute Gasteiger partial charge is 0.326 e. The van der Waals surface area contributed by atoms with Gasteiger partial charge in [-0.15, -0.1) is 0 Å². The fourth-order valence-corrected chi connectivity index (χ4v) is 8.41. The first kappa shape index (κ1) is 41.8. The maximum absolute atomic E-state index is 14.4. The maximum atomic E-state index is 14.4. The van der Waals surface area contributed by atoms with E-state index in [0.717, 1.165) is 50.9 Å². The molecule has 12 heteroatoms. The van der Waals surface area contributed by atoms with E-state index >= 15 is 0 Å². The van der Waals surface area contributed by atoms with Gasteiger partial charge < -0.3 is 24.6 Å². The number of nitrogens with one attached hydrogen (secondary N) is 1. The highest BCUT2D eigenvalue weighted by Crippen LogP contribution is 2.43. The molecule has 0 bridgehead atoms. The molecule has 8 rings (SSSR count). The maximum Gasteiger partial charge on any atom is 0.326 e. The van der Waals surface area contributed by atoms with Crippen LogP contribution in [0.15, 0.2) is 128 Å². The average molecular weight is 861 g/mol. The van der Waals surface area contributed by atoms with E-state index in [9.17, 15) is 19.1 Å². The molecule has 0 unspecified atom stereocenters. The van der Waals surface area contributed by atoms with Crippen LogP contribution < -0.4 is 19.5 Å². The molecule has 0 saturated heterocycles. The van der Waals surface area contributed by atoms with Crippen LogP contribution in [0.5, 0.6) is 17.2 Å². The number of carboxylic acids is 1. The lowest BCUT2D eigenvalue weighted by atomic mass is 9.89. The molecule has 5 aromatic carbocycles. The lowest BCUT2D eigenvalue weighted by molar-refractivity contribution is -0.143. The van der Waals surface area contributed by atoms with E-state index in [1.165, 1.54) is 0 Å². The Kier molecular flexibility index (Phi) is 12.9. The summed E-state index contributed by atoms with van der Waals surface area (Å²) in [6.45, 7) is 2.50. The van der Waals surface area contributed by atoms with E-state index in [-0.39, 0.29) is 24.5 Å². The highest BCUT2D eigenvalue weighted by molar-refractivity contribution is 6.42. The molecule has 0 fully saturated rings. The largest absolute Gasteiger partial charge is 0.489 e. The van der Waals surface area contributed by atoms with Gasteiger partial charge in [-0.2, -0.15) is 0 Å². The number of aliphatic carboxylic acids is 1. The Morgan fingerprint density at radius 2 is 1.64 bits per heavy atom. The highest BCUT2D eigenvalue weighted by atomic mass is 35.5. The molecule has 2 aliphatic heterocycles. The Hall–Kier alpha value is -5.94. The van der Waals surface area contributed by atoms with Crippen LogP contribution in [0.4, 0.5) is 4.39 Å². The Bertz CT molecular complexity index is 2510. The molecular formula is C49H44Cl2FN3O6. The Morgan fingerprint density at radius 1 is 0.885 bits per heavy atom. The fraction of sp³-hybridized carbons (Fsp3) is 0.245. The number of halogens is 3. The number of benzene rings is 5. The van der Waals surface area contributed by atoms with Crippen LogP contribution in [0.2, 0.25) is 10.0 Å². The minimum atomic E-state index is -1.17. The van der Waals surface area contributed by atoms with Crippen molar-refractivity contribution in [3.05, 3.63) is 177 Å². The summed E-state index contributed by atoms with van der Waals surface area (Å²) >= 11 is 12.2. The van der Waals surface area contributed by atoms with Crippen molar-refractivity contribution in [1.82, 2.24) is 15.2 Å². The van der Waals surface area contributed by atoms with Crippen LogP contribution in [0.25, 0.3) is 11.1 Å². The molecule has 0 saturated carbocycles. The summed E-state index contributed by atoms with van der Waals surface area (Å²) < 4.78 is 32.1. The lowest BCUT2D eigenvalue weighted by Gasteiger charge is -2.42. The molecule has 3 heterocycles. The molecule has 2 aliphatic rings. The normalized spacial score (nSPS) is 16.9. The van der Waals surface area contributed by atoms with Gasteiger partial charge in [-0.3, -0.25) is 14.7 Å². The number of alkyl halides is 1. The number of carboxylic acid groups (broad SMARTS) is 1. The van der Waals surface area contributed by atoms with Crippen molar-refractivity contribution in [2.45, 2.75) is 70.2 Å². The number of hydrogen-bond acceptors (Lipinski definition) is 7. The third-order valence-corrected chi connectivity index (χ3v) is 12.0. The van der Waals surface area contributed by atoms with Crippen molar-refractivity contribution in [1.29, 1.82) is 0 Å². The summed E-state index contributed by atoms with van der Waals surface area (Å²) in [6.07, 6.45) is 2.37. The van der Waals surface area contributed by atoms with Gasteiger partial charge in [0.05, 0.1) is 21.8 Å². The number of ether oxygens (including phenoxy) is 3. The number of rotatable bonds is 14. The second-order valence-electron chi connectivity index (χ2n) is 15.3. The minimum absolute atomic E-state index is 0.0843. The molecule has 61 heavy (non-hydrogen) atoms. The third-order valence-electron chi connectivity index (χ3n) is 11.3. The number of carbonyl (C=O) groups excluding carboxylic acids is 1. The highest BCUT2D eigenvalue weighted by Gasteiger charge is 2.39. The van der Waals surface area contributed by atoms with E-state index in [1.807, 2.05) is 84.9 Å². The van der Waals surface area contributed by atoms with Gasteiger partial charge in [-0.25, -0.2) is 9.18 Å². The van der Waals surface area contributed by atoms with Crippen molar-refractivity contribution in [2.24, 2.45) is 0 Å². The molecule has 0 radical (unpaired) electrons. The van der Waals surface area contributed by atoms with E-state index in [4.69, 9.17) is 37.4 Å². The van der Waals surface area contributed by atoms with Gasteiger partial charge in [0.1, 0.15) is 31.7 Å². The average Bonchev–Trinajstić information content (AvgIpc) is 3.29. The van der Waals surface area contributed by atoms with Crippen LogP contribution >= 0.6 is 23.2 Å². The summed E-state index contributed by atoms with van der Waals surface area (Å²) in [5, 5.41) is 14.2. The van der Waals surface area contributed by atoms with Gasteiger partial charge >= 0.3 is 5.97 Å². The van der Waals surface area contributed by atoms with Gasteiger partial charge in [-0.1, -0.05) is 103 Å². The SMILES string of the molecule is CC[C@@H](c1ccccc1)N1Cc2cc3c(cc2C[C@H]1C(=O)N[C@@H](Cc1ccc(-c2ccnc(CF)c2)cc1)C(=O)O)OC[C@H](c1ccc(OCc2ccc(Cl)c(Cl)c2)cc1)O3. The molecular weight excluding hydrogens is 816 g/mol. The third kappa shape index (κ3) is 9.67. The predicted molar refractivity (Wildman–Crippen MR) is 233 cm³/mol. The number of hydrogen-bond donors (Lipinski definition) is 2. The predicted octanol–water partition coefficient (Wildman–Crippen LogP) is 10.3. The standard InChI is InChI=1S/C49H44Cl2FN3O6/c1-2-43(33-6-4-3-5-7-33)55-27-37-25-46-45(60-29-47(61-46)34-13-15-39(16-14-34)59-28-31-10-17-40(50)41(51)20-31)24-36(37)23-44(55)48(56)54-42(49(57)58)21-30-8-11-32(12-9-30)35-18-19-53-38(22-35)26-52/h3-20,22,24-25,42-44,47H,2,21,23,26-29H2,1H3,(H,54,56)(H,57,58)/t42-,43-,44-,47+/m0/s1. The number of amides is 1. The van der Waals surface area contributed by atoms with Crippen LogP contribution in [0, 0.1) is 0 Å². The molecule has 312 valence electrons. The second kappa shape index (κ2) is 18.8. The Labute approximate surface area is 364 Å². The monoisotopic (exact) mass is 859 g/mol. The van der Waals surface area contributed by atoms with Crippen LogP contribution in [0.3, 0.4) is 0 Å². The molecule has 6 aromatic rings. The topological polar surface area (TPSA) is 110 Å². The lowest BCUT2D eigenvalue weighted by Crippen LogP contribution is -2.55. The van der Waals surface area contributed by atoms with Gasteiger partial charge in [-0.05, 0) is 106 Å². The summed E-state index contributed by atoms with van der Waals surface area (Å²) in [6, 6.07) is 36.1. The molecule has 0 spiro atoms. The first-order valence-electron chi connectivity index (χ1n) is 20.2. The molecule has 1 aromatic heterocycles. The zero-order valence-corrected chi connectivity index (χ0v) is 34.9. The number of fused-ring (bicyclic) bond motifs is 2. The second-order valence-corrected chi connectivity index (χ2v) is 16.1. The number of aromatic nitrogens is 1. The molecule has 2 N–H and O–H groups in total. The van der Waals surface area contributed by atoms with Crippen molar-refractivity contribution < 1.29 is 33.3 Å². The Balaban J connectivity index is 0.989. The van der Waals surface area contributed by atoms with Gasteiger partial charge in [0.2, 0.25) is 5.91 Å². The van der Waals surface area contributed by atoms with Crippen molar-refractivity contribution in [3.8, 4) is 28.4 Å². The number of pyridine rings is 1. The molecule has 9 nitrogen and oxygen atoms in total. The van der Waals surface area contributed by atoms with E-state index in [0.29, 0.717) is 59.2 Å². The van der Waals surface area contributed by atoms with E-state index < -0.39 is 24.7 Å². The first-order valence-corrected chi connectivity index (χ1v) is 21.0. The summed E-state index contributed by atoms with van der Waals surface area (Å²) in [5.74, 6) is 0.424. The van der Waals surface area contributed by atoms with Crippen molar-refractivity contribution >= 4 is 35.1 Å². The van der Waals surface area contributed by atoms with Crippen LogP contribution in [0.1, 0.15) is 64.6 Å². The summed E-state index contributed by atoms with van der Waals surface area (Å²) in [5.41, 5.74) is 7.60. The van der Waals surface area contributed by atoms with Crippen LogP contribution in [-0.4, -0.2) is 45.6 Å². The van der Waals surface area contributed by atoms with E-state index in [2.05, 4.69) is 34.3 Å². The van der Waals surface area contributed by atoms with Gasteiger partial charge in [0.25, 0.3) is 0 Å². The molecule has 4 atom stereocenters. The van der Waals surface area contributed by atoms with Crippen molar-refractivity contribution in [2.75, 3.05) is 6.61 Å². The van der Waals surface area contributed by atoms with E-state index in [1.54, 1.807) is 30.5 Å². The first-order chi connectivity index (χ1) is 29.6. The Morgan fingerprint density at radius 3 is 2.36 bits per heavy atom. The zero-order valence-electron chi connectivity index (χ0n) is 33.4. The molecule has 0 aliphatic carbocycles. The fourth-order valence-electron chi connectivity index (χ4n) is 8.09. The number of nitrogens with zero attached hydrogens (tertiary/aromatic N) is 2. The quantitative estimate of drug-likeness (QED) is 0.111. The minimum Gasteiger partial charge on any atom is -0.489 e. The molecule has 1 amide bonds. The van der Waals surface area contributed by atoms with Crippen molar-refractivity contribution in [3.63, 3.8) is 0 Å². The van der Waals surface area contributed by atoms with Crippen LogP contribution in [-0.2, 0) is 42.3 Å². The van der Waals surface area contributed by atoms with Gasteiger partial charge in [0, 0.05) is 25.2 Å². The summed E-state index contributed by atoms with van der Waals surface area (Å²) in [4.78, 5) is 33.3. The zero-order chi connectivity index (χ0) is 42.5. The van der Waals surface area contributed by atoms with Gasteiger partial charge in [0.15, 0.2) is 17.6 Å². The summed E-state index contributed by atoms with van der Waals surface area (Å²) in [7, 11) is 0.